The molecule has 6 atom stereocenters. The average Bonchev–Trinajstić information content (AvgIpc) is 3.40. The number of benzene rings is 3. The van der Waals surface area contributed by atoms with Crippen LogP contribution in [-0.4, -0.2) is 33.7 Å². The molecule has 4 aliphatic rings. The second-order valence-electron chi connectivity index (χ2n) is 11.4. The van der Waals surface area contributed by atoms with E-state index >= 15 is 0 Å². The van der Waals surface area contributed by atoms with Crippen molar-refractivity contribution < 1.29 is 33.1 Å². The number of rotatable bonds is 4. The van der Waals surface area contributed by atoms with Gasteiger partial charge in [-0.2, -0.15) is 5.01 Å². The monoisotopic (exact) mass is 603 g/mol. The summed E-state index contributed by atoms with van der Waals surface area (Å²) in [6.45, 7) is 0. The highest BCUT2D eigenvalue weighted by Crippen LogP contribution is 2.64. The fourth-order valence-corrected chi connectivity index (χ4v) is 7.80. The lowest BCUT2D eigenvalue weighted by Gasteiger charge is -2.50. The van der Waals surface area contributed by atoms with Gasteiger partial charge in [-0.25, -0.2) is 8.78 Å². The van der Waals surface area contributed by atoms with Crippen molar-refractivity contribution in [1.82, 2.24) is 10.3 Å². The predicted octanol–water partition coefficient (Wildman–Crippen LogP) is 4.60. The Labute approximate surface area is 249 Å². The van der Waals surface area contributed by atoms with Crippen LogP contribution in [0.4, 0.5) is 14.5 Å². The number of imide groups is 2. The number of hydrogen-bond donors (Lipinski definition) is 3. The summed E-state index contributed by atoms with van der Waals surface area (Å²) in [5.74, 6) is -8.53. The molecule has 8 nitrogen and oxygen atoms in total. The minimum absolute atomic E-state index is 0.0368. The molecule has 2 saturated heterocycles. The van der Waals surface area contributed by atoms with E-state index in [2.05, 4.69) is 10.7 Å². The van der Waals surface area contributed by atoms with E-state index in [1.165, 1.54) is 36.4 Å². The van der Waals surface area contributed by atoms with E-state index in [4.69, 9.17) is 11.6 Å². The number of anilines is 1. The fraction of sp³-hybridized carbons (Fsp3) is 0.250. The highest BCUT2D eigenvalue weighted by atomic mass is 35.5. The third-order valence-electron chi connectivity index (χ3n) is 9.43. The maximum absolute atomic E-state index is 15.0. The summed E-state index contributed by atoms with van der Waals surface area (Å²) in [4.78, 5) is 54.9. The molecule has 0 radical (unpaired) electrons. The molecule has 1 saturated carbocycles. The predicted molar refractivity (Wildman–Crippen MR) is 150 cm³/mol. The van der Waals surface area contributed by atoms with Gasteiger partial charge in [-0.05, 0) is 66.8 Å². The molecule has 2 heterocycles. The van der Waals surface area contributed by atoms with E-state index in [0.717, 1.165) is 11.1 Å². The van der Waals surface area contributed by atoms with E-state index in [-0.39, 0.29) is 24.1 Å². The van der Waals surface area contributed by atoms with E-state index in [0.29, 0.717) is 16.2 Å². The van der Waals surface area contributed by atoms with Crippen molar-refractivity contribution in [3.8, 4) is 5.75 Å². The van der Waals surface area contributed by atoms with Crippen molar-refractivity contribution in [1.29, 1.82) is 0 Å². The molecular weight excluding hydrogens is 580 g/mol. The third kappa shape index (κ3) is 3.85. The third-order valence-corrected chi connectivity index (χ3v) is 9.68. The molecule has 4 amide bonds. The standard InChI is InChI=1S/C32H24ClF2N3O5/c33-16-6-4-15(5-7-16)32-23(30(42)38(31(32)43)37-18-10-8-17(34)9-11-18)14-22-19(12-13-20-25(22)29(41)36-28(20)40)26(32)21-2-1-3-24(35)27(21)39/h1-12,20,22-23,25-26,37,39H,13-14H2,(H,36,40,41). The normalized spacial score (nSPS) is 29.5. The summed E-state index contributed by atoms with van der Waals surface area (Å²) in [5, 5.41) is 14.8. The molecule has 0 bridgehead atoms. The van der Waals surface area contributed by atoms with Gasteiger partial charge in [-0.15, -0.1) is 0 Å². The number of fused-ring (bicyclic) bond motifs is 4. The van der Waals surface area contributed by atoms with E-state index in [9.17, 15) is 33.1 Å². The number of para-hydroxylation sites is 1. The zero-order valence-electron chi connectivity index (χ0n) is 22.4. The molecule has 3 aromatic carbocycles. The molecule has 6 unspecified atom stereocenters. The van der Waals surface area contributed by atoms with Crippen LogP contribution in [0, 0.1) is 35.3 Å². The zero-order chi connectivity index (χ0) is 30.2. The molecule has 3 fully saturated rings. The maximum Gasteiger partial charge on any atom is 0.260 e. The van der Waals surface area contributed by atoms with Crippen LogP contribution in [0.25, 0.3) is 0 Å². The summed E-state index contributed by atoms with van der Waals surface area (Å²) in [6.07, 6.45) is 2.03. The van der Waals surface area contributed by atoms with Crippen molar-refractivity contribution in [2.75, 3.05) is 5.43 Å². The number of allylic oxidation sites excluding steroid dienone is 2. The van der Waals surface area contributed by atoms with Gasteiger partial charge in [0.05, 0.1) is 28.9 Å². The Bertz CT molecular complexity index is 1740. The summed E-state index contributed by atoms with van der Waals surface area (Å²) in [5.41, 5.74) is 2.45. The summed E-state index contributed by atoms with van der Waals surface area (Å²) in [6, 6.07) is 15.5. The van der Waals surface area contributed by atoms with Crippen molar-refractivity contribution in [2.24, 2.45) is 23.7 Å². The number of phenols is 1. The molecule has 3 aromatic rings. The molecule has 2 aliphatic carbocycles. The summed E-state index contributed by atoms with van der Waals surface area (Å²) in [7, 11) is 0. The van der Waals surface area contributed by atoms with Gasteiger partial charge in [-0.1, -0.05) is 47.5 Å². The maximum atomic E-state index is 15.0. The van der Waals surface area contributed by atoms with Crippen molar-refractivity contribution >= 4 is 40.9 Å². The second-order valence-corrected chi connectivity index (χ2v) is 11.8. The number of aromatic hydroxyl groups is 1. The Morgan fingerprint density at radius 1 is 0.930 bits per heavy atom. The van der Waals surface area contributed by atoms with Gasteiger partial charge in [0.15, 0.2) is 11.6 Å². The number of halogens is 3. The Hall–Kier alpha value is -4.57. The number of carbonyl (C=O) groups excluding carboxylic acids is 4. The van der Waals surface area contributed by atoms with E-state index in [1.54, 1.807) is 30.3 Å². The lowest BCUT2D eigenvalue weighted by atomic mass is 9.49. The molecule has 3 N–H and O–H groups in total. The number of hydrazine groups is 1. The first-order valence-corrected chi connectivity index (χ1v) is 14.2. The van der Waals surface area contributed by atoms with E-state index in [1.807, 2.05) is 0 Å². The molecule has 218 valence electrons. The molecule has 0 aromatic heterocycles. The SMILES string of the molecule is O=C1NC(=O)C2C1CC=C1C2CC2C(=O)N(Nc3ccc(F)cc3)C(=O)C2(c2ccc(Cl)cc2)C1c1cccc(F)c1O. The van der Waals surface area contributed by atoms with Crippen LogP contribution in [0.1, 0.15) is 29.9 Å². The second kappa shape index (κ2) is 9.74. The van der Waals surface area contributed by atoms with Gasteiger partial charge in [-0.3, -0.25) is 29.9 Å². The van der Waals surface area contributed by atoms with Crippen LogP contribution in [0.3, 0.4) is 0 Å². The largest absolute Gasteiger partial charge is 0.505 e. The lowest BCUT2D eigenvalue weighted by molar-refractivity contribution is -0.138. The smallest absolute Gasteiger partial charge is 0.260 e. The van der Waals surface area contributed by atoms with Gasteiger partial charge in [0.1, 0.15) is 5.82 Å². The minimum Gasteiger partial charge on any atom is -0.505 e. The first kappa shape index (κ1) is 27.3. The van der Waals surface area contributed by atoms with Gasteiger partial charge < -0.3 is 5.11 Å². The summed E-state index contributed by atoms with van der Waals surface area (Å²) >= 11 is 6.22. The Balaban J connectivity index is 1.49. The molecule has 2 aliphatic heterocycles. The summed E-state index contributed by atoms with van der Waals surface area (Å²) < 4.78 is 28.6. The number of phenolic OH excluding ortho intramolecular Hbond substituents is 1. The van der Waals surface area contributed by atoms with Crippen LogP contribution in [0.2, 0.25) is 5.02 Å². The van der Waals surface area contributed by atoms with Crippen LogP contribution in [0.5, 0.6) is 5.75 Å². The topological polar surface area (TPSA) is 116 Å². The number of nitrogens with zero attached hydrogens (tertiary/aromatic N) is 1. The lowest BCUT2D eigenvalue weighted by Crippen LogP contribution is -2.53. The van der Waals surface area contributed by atoms with Crippen LogP contribution < -0.4 is 10.7 Å². The number of amides is 4. The van der Waals surface area contributed by atoms with Gasteiger partial charge in [0.2, 0.25) is 11.8 Å². The van der Waals surface area contributed by atoms with Crippen LogP contribution in [0.15, 0.2) is 78.4 Å². The first-order chi connectivity index (χ1) is 20.6. The average molecular weight is 604 g/mol. The van der Waals surface area contributed by atoms with Crippen LogP contribution >= 0.6 is 11.6 Å². The number of nitrogens with one attached hydrogen (secondary N) is 2. The Morgan fingerprint density at radius 3 is 2.37 bits per heavy atom. The van der Waals surface area contributed by atoms with Gasteiger partial charge in [0.25, 0.3) is 11.8 Å². The Kier molecular flexibility index (Phi) is 6.18. The zero-order valence-corrected chi connectivity index (χ0v) is 23.1. The minimum atomic E-state index is -1.70. The van der Waals surface area contributed by atoms with Crippen molar-refractivity contribution in [3.63, 3.8) is 0 Å². The highest BCUT2D eigenvalue weighted by Gasteiger charge is 2.70. The molecular formula is C32H24ClF2N3O5. The fourth-order valence-electron chi connectivity index (χ4n) is 7.68. The number of carbonyl (C=O) groups is 4. The van der Waals surface area contributed by atoms with Gasteiger partial charge >= 0.3 is 0 Å². The molecule has 7 rings (SSSR count). The Morgan fingerprint density at radius 2 is 1.65 bits per heavy atom. The number of hydrogen-bond acceptors (Lipinski definition) is 6. The first-order valence-electron chi connectivity index (χ1n) is 13.8. The van der Waals surface area contributed by atoms with Crippen molar-refractivity contribution in [2.45, 2.75) is 24.2 Å². The van der Waals surface area contributed by atoms with Crippen LogP contribution in [-0.2, 0) is 24.6 Å². The highest BCUT2D eigenvalue weighted by molar-refractivity contribution is 6.30. The van der Waals surface area contributed by atoms with Crippen molar-refractivity contribution in [3.05, 3.63) is 106 Å². The molecule has 0 spiro atoms. The molecule has 43 heavy (non-hydrogen) atoms. The quantitative estimate of drug-likeness (QED) is 0.297. The van der Waals surface area contributed by atoms with Gasteiger partial charge in [0, 0.05) is 16.5 Å². The van der Waals surface area contributed by atoms with E-state index < -0.39 is 76.0 Å². The molecule has 11 heteroatoms.